The highest BCUT2D eigenvalue weighted by Crippen LogP contribution is 2.41. The zero-order chi connectivity index (χ0) is 21.8. The third-order valence-corrected chi connectivity index (χ3v) is 6.98. The molecule has 0 spiro atoms. The summed E-state index contributed by atoms with van der Waals surface area (Å²) in [6.45, 7) is 4.16. The number of aromatic nitrogens is 1. The monoisotopic (exact) mass is 449 g/mol. The molecule has 4 rings (SSSR count). The van der Waals surface area contributed by atoms with Gasteiger partial charge in [0.1, 0.15) is 10.8 Å². The molecule has 4 aromatic rings. The SMILES string of the molecule is CSc1ccc([C@@H](Nc2ccccn2)c2c(NC(=O)c3ccco3)sc(C)c2C)cc1. The fourth-order valence-corrected chi connectivity index (χ4v) is 4.87. The van der Waals surface area contributed by atoms with Gasteiger partial charge in [-0.25, -0.2) is 4.98 Å². The van der Waals surface area contributed by atoms with Gasteiger partial charge in [-0.05, 0) is 67.6 Å². The lowest BCUT2D eigenvalue weighted by atomic mass is 9.96. The number of aryl methyl sites for hydroxylation is 1. The number of furan rings is 1. The number of hydrogen-bond acceptors (Lipinski definition) is 6. The molecule has 3 aromatic heterocycles. The molecule has 0 aliphatic carbocycles. The van der Waals surface area contributed by atoms with Gasteiger partial charge in [0.15, 0.2) is 5.76 Å². The van der Waals surface area contributed by atoms with Gasteiger partial charge in [-0.3, -0.25) is 4.79 Å². The van der Waals surface area contributed by atoms with Gasteiger partial charge in [0.25, 0.3) is 5.91 Å². The van der Waals surface area contributed by atoms with Crippen molar-refractivity contribution < 1.29 is 9.21 Å². The van der Waals surface area contributed by atoms with Crippen LogP contribution < -0.4 is 10.6 Å². The van der Waals surface area contributed by atoms with Crippen molar-refractivity contribution >= 4 is 39.8 Å². The second kappa shape index (κ2) is 9.41. The molecule has 0 bridgehead atoms. The standard InChI is InChI=1S/C24H23N3O2S2/c1-15-16(2)31-24(27-23(28)19-7-6-14-29-19)21(15)22(26-20-8-4-5-13-25-20)17-9-11-18(30-3)12-10-17/h4-14,22H,1-3H3,(H,25,26)(H,27,28)/t22-/m1/s1. The van der Waals surface area contributed by atoms with Crippen molar-refractivity contribution in [2.45, 2.75) is 24.8 Å². The van der Waals surface area contributed by atoms with Gasteiger partial charge < -0.3 is 15.1 Å². The van der Waals surface area contributed by atoms with Crippen LogP contribution in [-0.2, 0) is 0 Å². The van der Waals surface area contributed by atoms with Gasteiger partial charge in [-0.2, -0.15) is 0 Å². The number of amides is 1. The highest BCUT2D eigenvalue weighted by molar-refractivity contribution is 7.98. The highest BCUT2D eigenvalue weighted by atomic mass is 32.2. The number of carbonyl (C=O) groups excluding carboxylic acids is 1. The first-order valence-electron chi connectivity index (χ1n) is 9.83. The predicted octanol–water partition coefficient (Wildman–Crippen LogP) is 6.53. The Morgan fingerprint density at radius 1 is 1.10 bits per heavy atom. The summed E-state index contributed by atoms with van der Waals surface area (Å²) in [6.07, 6.45) is 5.33. The molecule has 0 unspecified atom stereocenters. The quantitative estimate of drug-likeness (QED) is 0.314. The summed E-state index contributed by atoms with van der Waals surface area (Å²) in [5, 5.41) is 7.42. The van der Waals surface area contributed by atoms with Crippen LogP contribution in [0, 0.1) is 13.8 Å². The highest BCUT2D eigenvalue weighted by Gasteiger charge is 2.25. The van der Waals surface area contributed by atoms with Crippen molar-refractivity contribution in [1.82, 2.24) is 4.98 Å². The maximum atomic E-state index is 12.7. The number of anilines is 2. The van der Waals surface area contributed by atoms with Crippen LogP contribution in [0.15, 0.2) is 76.4 Å². The number of thiophene rings is 1. The van der Waals surface area contributed by atoms with E-state index in [9.17, 15) is 4.79 Å². The Balaban J connectivity index is 1.77. The number of thioether (sulfide) groups is 1. The summed E-state index contributed by atoms with van der Waals surface area (Å²) in [5.74, 6) is 0.794. The summed E-state index contributed by atoms with van der Waals surface area (Å²) < 4.78 is 5.28. The second-order valence-electron chi connectivity index (χ2n) is 7.02. The molecule has 1 atom stereocenters. The van der Waals surface area contributed by atoms with Gasteiger partial charge in [0.05, 0.1) is 12.3 Å². The fraction of sp³-hybridized carbons (Fsp3) is 0.167. The lowest BCUT2D eigenvalue weighted by Gasteiger charge is -2.22. The maximum absolute atomic E-state index is 12.7. The van der Waals surface area contributed by atoms with Gasteiger partial charge >= 0.3 is 0 Å². The first kappa shape index (κ1) is 21.2. The van der Waals surface area contributed by atoms with E-state index in [1.165, 1.54) is 11.2 Å². The fourth-order valence-electron chi connectivity index (χ4n) is 3.37. The molecular weight excluding hydrogens is 426 g/mol. The van der Waals surface area contributed by atoms with Crippen LogP contribution in [0.3, 0.4) is 0 Å². The largest absolute Gasteiger partial charge is 0.459 e. The molecule has 2 N–H and O–H groups in total. The zero-order valence-electron chi connectivity index (χ0n) is 17.5. The van der Waals surface area contributed by atoms with E-state index in [0.29, 0.717) is 0 Å². The van der Waals surface area contributed by atoms with Crippen LogP contribution in [0.1, 0.15) is 38.2 Å². The normalized spacial score (nSPS) is 11.8. The molecule has 7 heteroatoms. The van der Waals surface area contributed by atoms with Crippen LogP contribution >= 0.6 is 23.1 Å². The van der Waals surface area contributed by atoms with Gasteiger partial charge in [-0.1, -0.05) is 18.2 Å². The third-order valence-electron chi connectivity index (χ3n) is 5.10. The molecule has 0 aliphatic rings. The number of benzene rings is 1. The van der Waals surface area contributed by atoms with E-state index in [2.05, 4.69) is 60.0 Å². The van der Waals surface area contributed by atoms with E-state index >= 15 is 0 Å². The minimum atomic E-state index is -0.262. The lowest BCUT2D eigenvalue weighted by molar-refractivity contribution is 0.0997. The van der Waals surface area contributed by atoms with Gasteiger partial charge in [-0.15, -0.1) is 23.1 Å². The molecule has 0 saturated carbocycles. The minimum absolute atomic E-state index is 0.178. The molecule has 0 fully saturated rings. The molecule has 1 aromatic carbocycles. The summed E-state index contributed by atoms with van der Waals surface area (Å²) in [6, 6.07) is 17.4. The van der Waals surface area contributed by atoms with Crippen LogP contribution in [-0.4, -0.2) is 17.1 Å². The molecule has 0 saturated heterocycles. The number of pyridine rings is 1. The summed E-state index contributed by atoms with van der Waals surface area (Å²) >= 11 is 3.28. The average molecular weight is 450 g/mol. The number of nitrogens with zero attached hydrogens (tertiary/aromatic N) is 1. The first-order valence-corrected chi connectivity index (χ1v) is 11.9. The summed E-state index contributed by atoms with van der Waals surface area (Å²) in [5.41, 5.74) is 3.27. The first-order chi connectivity index (χ1) is 15.1. The van der Waals surface area contributed by atoms with Crippen molar-refractivity contribution in [1.29, 1.82) is 0 Å². The van der Waals surface area contributed by atoms with Gasteiger partial charge in [0, 0.05) is 21.5 Å². The Morgan fingerprint density at radius 3 is 2.55 bits per heavy atom. The van der Waals surface area contributed by atoms with Crippen LogP contribution in [0.25, 0.3) is 0 Å². The van der Waals surface area contributed by atoms with E-state index < -0.39 is 0 Å². The molecule has 3 heterocycles. The van der Waals surface area contributed by atoms with E-state index in [0.717, 1.165) is 32.4 Å². The number of carbonyl (C=O) groups is 1. The summed E-state index contributed by atoms with van der Waals surface area (Å²) in [7, 11) is 0. The van der Waals surface area contributed by atoms with Crippen molar-refractivity contribution in [3.05, 3.63) is 94.4 Å². The Hall–Kier alpha value is -3.03. The molecule has 0 aliphatic heterocycles. The smallest absolute Gasteiger partial charge is 0.291 e. The maximum Gasteiger partial charge on any atom is 0.291 e. The molecule has 158 valence electrons. The lowest BCUT2D eigenvalue weighted by Crippen LogP contribution is -2.17. The Labute approximate surface area is 189 Å². The second-order valence-corrected chi connectivity index (χ2v) is 9.13. The molecule has 0 radical (unpaired) electrons. The van der Waals surface area contributed by atoms with Crippen molar-refractivity contribution in [3.8, 4) is 0 Å². The molecular formula is C24H23N3O2S2. The van der Waals surface area contributed by atoms with E-state index in [4.69, 9.17) is 4.42 Å². The third kappa shape index (κ3) is 4.68. The Bertz CT molecular complexity index is 1150. The van der Waals surface area contributed by atoms with E-state index in [1.54, 1.807) is 41.4 Å². The van der Waals surface area contributed by atoms with Crippen LogP contribution in [0.5, 0.6) is 0 Å². The van der Waals surface area contributed by atoms with Crippen molar-refractivity contribution in [2.24, 2.45) is 0 Å². The van der Waals surface area contributed by atoms with Crippen molar-refractivity contribution in [3.63, 3.8) is 0 Å². The topological polar surface area (TPSA) is 67.2 Å². The van der Waals surface area contributed by atoms with E-state index in [-0.39, 0.29) is 17.7 Å². The van der Waals surface area contributed by atoms with E-state index in [1.807, 2.05) is 18.2 Å². The van der Waals surface area contributed by atoms with Gasteiger partial charge in [0.2, 0.25) is 0 Å². The van der Waals surface area contributed by atoms with Crippen molar-refractivity contribution in [2.75, 3.05) is 16.9 Å². The number of hydrogen-bond donors (Lipinski definition) is 2. The zero-order valence-corrected chi connectivity index (χ0v) is 19.1. The predicted molar refractivity (Wildman–Crippen MR) is 128 cm³/mol. The van der Waals surface area contributed by atoms with Crippen LogP contribution in [0.4, 0.5) is 10.8 Å². The minimum Gasteiger partial charge on any atom is -0.459 e. The van der Waals surface area contributed by atoms with Crippen LogP contribution in [0.2, 0.25) is 0 Å². The molecule has 1 amide bonds. The number of rotatable bonds is 7. The molecule has 5 nitrogen and oxygen atoms in total. The Kier molecular flexibility index (Phi) is 6.44. The molecule has 31 heavy (non-hydrogen) atoms. The Morgan fingerprint density at radius 2 is 1.90 bits per heavy atom. The number of nitrogens with one attached hydrogen (secondary N) is 2. The average Bonchev–Trinajstić information content (AvgIpc) is 3.42. The summed E-state index contributed by atoms with van der Waals surface area (Å²) in [4.78, 5) is 19.5.